The molecule has 0 aliphatic rings. The number of nitrogens with zero attached hydrogens (tertiary/aromatic N) is 1. The first-order valence-corrected chi connectivity index (χ1v) is 2.69. The molecular formula is C5H17N3. The van der Waals surface area contributed by atoms with E-state index >= 15 is 0 Å². The molecule has 0 heterocycles. The molecule has 0 saturated carbocycles. The fourth-order valence-corrected chi connectivity index (χ4v) is 0. The van der Waals surface area contributed by atoms with Crippen molar-refractivity contribution < 1.29 is 0 Å². The average molecular weight is 119 g/mol. The van der Waals surface area contributed by atoms with Crippen LogP contribution in [0.1, 0.15) is 6.92 Å². The van der Waals surface area contributed by atoms with E-state index in [2.05, 4.69) is 5.43 Å². The van der Waals surface area contributed by atoms with E-state index in [-0.39, 0.29) is 0 Å². The fourth-order valence-electron chi connectivity index (χ4n) is 0. The van der Waals surface area contributed by atoms with Crippen molar-refractivity contribution >= 4 is 0 Å². The van der Waals surface area contributed by atoms with Gasteiger partial charge in [-0.05, 0) is 21.1 Å². The monoisotopic (exact) mass is 119 g/mol. The smallest absolute Gasteiger partial charge is 0.00689 e. The Morgan fingerprint density at radius 3 is 1.50 bits per heavy atom. The van der Waals surface area contributed by atoms with E-state index < -0.39 is 0 Å². The van der Waals surface area contributed by atoms with E-state index in [9.17, 15) is 0 Å². The summed E-state index contributed by atoms with van der Waals surface area (Å²) in [7, 11) is 6.00. The average Bonchev–Trinajstić information content (AvgIpc) is 1.65. The maximum absolute atomic E-state index is 4.78. The maximum Gasteiger partial charge on any atom is 0.00689 e. The van der Waals surface area contributed by atoms with Gasteiger partial charge >= 0.3 is 0 Å². The van der Waals surface area contributed by atoms with Gasteiger partial charge in [-0.3, -0.25) is 11.3 Å². The summed E-state index contributed by atoms with van der Waals surface area (Å²) in [5, 5.41) is 0. The highest BCUT2D eigenvalue weighted by molar-refractivity contribution is 4.10. The summed E-state index contributed by atoms with van der Waals surface area (Å²) in [5.41, 5.74) is 2.43. The number of hydrogen-bond donors (Lipinski definition) is 2. The molecule has 0 amide bonds. The highest BCUT2D eigenvalue weighted by Crippen LogP contribution is 1.47. The summed E-state index contributed by atoms with van der Waals surface area (Å²) < 4.78 is 0. The molecule has 0 aliphatic carbocycles. The van der Waals surface area contributed by atoms with Gasteiger partial charge in [0.25, 0.3) is 0 Å². The molecule has 0 saturated heterocycles. The second-order valence-corrected chi connectivity index (χ2v) is 1.90. The van der Waals surface area contributed by atoms with Gasteiger partial charge in [-0.25, -0.2) is 0 Å². The van der Waals surface area contributed by atoms with E-state index in [4.69, 9.17) is 5.84 Å². The second-order valence-electron chi connectivity index (χ2n) is 1.90. The Hall–Kier alpha value is -0.120. The SMILES string of the molecule is CCNN.CN(C)C. The Labute approximate surface area is 51.8 Å². The van der Waals surface area contributed by atoms with Crippen molar-refractivity contribution in [2.24, 2.45) is 5.84 Å². The van der Waals surface area contributed by atoms with Gasteiger partial charge in [0.2, 0.25) is 0 Å². The lowest BCUT2D eigenvalue weighted by Crippen LogP contribution is -2.20. The van der Waals surface area contributed by atoms with Crippen LogP contribution in [0.15, 0.2) is 0 Å². The van der Waals surface area contributed by atoms with Crippen molar-refractivity contribution in [1.29, 1.82) is 0 Å². The van der Waals surface area contributed by atoms with Gasteiger partial charge in [0, 0.05) is 6.54 Å². The molecule has 8 heavy (non-hydrogen) atoms. The highest BCUT2D eigenvalue weighted by atomic mass is 15.2. The van der Waals surface area contributed by atoms with Crippen molar-refractivity contribution in [2.45, 2.75) is 6.92 Å². The van der Waals surface area contributed by atoms with Gasteiger partial charge in [-0.2, -0.15) is 0 Å². The molecule has 3 N–H and O–H groups in total. The zero-order valence-corrected chi connectivity index (χ0v) is 6.23. The summed E-state index contributed by atoms with van der Waals surface area (Å²) >= 11 is 0. The molecule has 0 fully saturated rings. The van der Waals surface area contributed by atoms with Crippen LogP contribution in [0.25, 0.3) is 0 Å². The Bertz CT molecular complexity index is 24.1. The molecule has 0 aliphatic heterocycles. The first kappa shape index (κ1) is 10.8. The third kappa shape index (κ3) is 181. The summed E-state index contributed by atoms with van der Waals surface area (Å²) in [5.74, 6) is 4.78. The number of hydrazine groups is 1. The lowest BCUT2D eigenvalue weighted by molar-refractivity contribution is 0.505. The van der Waals surface area contributed by atoms with Crippen molar-refractivity contribution in [3.05, 3.63) is 0 Å². The Morgan fingerprint density at radius 1 is 1.38 bits per heavy atom. The number of nitrogens with two attached hydrogens (primary N) is 1. The summed E-state index contributed by atoms with van der Waals surface area (Å²) in [4.78, 5) is 2.00. The van der Waals surface area contributed by atoms with Crippen LogP contribution < -0.4 is 11.3 Å². The Kier molecular flexibility index (Phi) is 13.5. The molecule has 0 bridgehead atoms. The predicted octanol–water partition coefficient (Wildman–Crippen LogP) is -0.353. The molecule has 0 spiro atoms. The lowest BCUT2D eigenvalue weighted by Gasteiger charge is -1.90. The van der Waals surface area contributed by atoms with Crippen LogP contribution in [0, 0.1) is 0 Å². The van der Waals surface area contributed by atoms with E-state index in [0.29, 0.717) is 0 Å². The van der Waals surface area contributed by atoms with Crippen LogP contribution in [0.4, 0.5) is 0 Å². The first-order valence-electron chi connectivity index (χ1n) is 2.69. The third-order valence-electron chi connectivity index (χ3n) is 0.204. The Balaban J connectivity index is 0. The molecule has 0 aromatic carbocycles. The zero-order valence-electron chi connectivity index (χ0n) is 6.23. The topological polar surface area (TPSA) is 41.3 Å². The number of hydrogen-bond acceptors (Lipinski definition) is 3. The van der Waals surface area contributed by atoms with Gasteiger partial charge in [-0.1, -0.05) is 6.92 Å². The first-order chi connectivity index (χ1) is 3.65. The summed E-state index contributed by atoms with van der Waals surface area (Å²) in [6.45, 7) is 2.79. The van der Waals surface area contributed by atoms with Crippen LogP contribution in [0.2, 0.25) is 0 Å². The van der Waals surface area contributed by atoms with Crippen LogP contribution in [-0.4, -0.2) is 32.6 Å². The van der Waals surface area contributed by atoms with Crippen molar-refractivity contribution in [3.63, 3.8) is 0 Å². The minimum Gasteiger partial charge on any atom is -0.312 e. The molecule has 0 atom stereocenters. The normalized spacial score (nSPS) is 8.25. The van der Waals surface area contributed by atoms with E-state index in [0.717, 1.165) is 6.54 Å². The van der Waals surface area contributed by atoms with Crippen LogP contribution in [-0.2, 0) is 0 Å². The van der Waals surface area contributed by atoms with Crippen LogP contribution >= 0.6 is 0 Å². The van der Waals surface area contributed by atoms with Gasteiger partial charge in [0.05, 0.1) is 0 Å². The Morgan fingerprint density at radius 2 is 1.50 bits per heavy atom. The molecular weight excluding hydrogens is 102 g/mol. The van der Waals surface area contributed by atoms with Crippen molar-refractivity contribution in [1.82, 2.24) is 10.3 Å². The largest absolute Gasteiger partial charge is 0.312 e. The summed E-state index contributed by atoms with van der Waals surface area (Å²) in [6, 6.07) is 0. The molecule has 3 nitrogen and oxygen atoms in total. The van der Waals surface area contributed by atoms with Crippen LogP contribution in [0.3, 0.4) is 0 Å². The zero-order chi connectivity index (χ0) is 6.99. The third-order valence-corrected chi connectivity index (χ3v) is 0.204. The van der Waals surface area contributed by atoms with Gasteiger partial charge in [-0.15, -0.1) is 0 Å². The molecule has 0 unspecified atom stereocenters. The molecule has 0 rings (SSSR count). The minimum absolute atomic E-state index is 0.847. The standard InChI is InChI=1S/C3H9N.C2H8N2/c1-4(2)3;1-2-4-3/h1-3H3;4H,2-3H2,1H3. The highest BCUT2D eigenvalue weighted by Gasteiger charge is 1.58. The van der Waals surface area contributed by atoms with Gasteiger partial charge in [0.15, 0.2) is 0 Å². The van der Waals surface area contributed by atoms with E-state index in [1.807, 2.05) is 33.0 Å². The van der Waals surface area contributed by atoms with Crippen molar-refractivity contribution in [3.8, 4) is 0 Å². The quantitative estimate of drug-likeness (QED) is 0.366. The van der Waals surface area contributed by atoms with Crippen molar-refractivity contribution in [2.75, 3.05) is 27.7 Å². The predicted molar refractivity (Wildman–Crippen MR) is 37.5 cm³/mol. The molecule has 0 radical (unpaired) electrons. The molecule has 3 heteroatoms. The lowest BCUT2D eigenvalue weighted by atomic mass is 10.8. The molecule has 0 aromatic rings. The summed E-state index contributed by atoms with van der Waals surface area (Å²) in [6.07, 6.45) is 0. The maximum atomic E-state index is 4.78. The van der Waals surface area contributed by atoms with Crippen LogP contribution in [0.5, 0.6) is 0 Å². The second kappa shape index (κ2) is 9.99. The number of rotatable bonds is 1. The fraction of sp³-hybridized carbons (Fsp3) is 1.00. The minimum atomic E-state index is 0.847. The number of nitrogens with one attached hydrogen (secondary N) is 1. The van der Waals surface area contributed by atoms with Gasteiger partial charge in [0.1, 0.15) is 0 Å². The van der Waals surface area contributed by atoms with Gasteiger partial charge < -0.3 is 4.90 Å². The molecule has 52 valence electrons. The molecule has 0 aromatic heterocycles. The van der Waals surface area contributed by atoms with E-state index in [1.54, 1.807) is 0 Å². The van der Waals surface area contributed by atoms with E-state index in [1.165, 1.54) is 0 Å².